The molecule has 0 aliphatic heterocycles. The fraction of sp³-hybridized carbons (Fsp3) is 0.400. The van der Waals surface area contributed by atoms with Gasteiger partial charge in [0.25, 0.3) is 0 Å². The van der Waals surface area contributed by atoms with Crippen LogP contribution in [0.3, 0.4) is 0 Å². The van der Waals surface area contributed by atoms with Crippen LogP contribution in [0.25, 0.3) is 0 Å². The molecule has 0 atom stereocenters. The lowest BCUT2D eigenvalue weighted by Gasteiger charge is -2.05. The number of phenols is 4. The normalized spacial score (nSPS) is 10.0. The summed E-state index contributed by atoms with van der Waals surface area (Å²) in [5.74, 6) is 0.521. The van der Waals surface area contributed by atoms with E-state index in [1.165, 1.54) is 56.4 Å². The van der Waals surface area contributed by atoms with Gasteiger partial charge in [0.2, 0.25) is 0 Å². The van der Waals surface area contributed by atoms with Crippen LogP contribution >= 0.6 is 0 Å². The minimum absolute atomic E-state index is 0.0880. The third-order valence-electron chi connectivity index (χ3n) is 3.70. The third-order valence-corrected chi connectivity index (χ3v) is 3.70. The Labute approximate surface area is 144 Å². The standard InChI is InChI=1S/C14H22O2.C6H6O2/c1-2-3-4-5-6-7-8-12-9-10-13(15)11-14(12)16;7-5-2-1-3-6(8)4-5/h9-11,15-16H,2-8H2,1H3;1-4,7-8H. The number of benzene rings is 2. The molecule has 0 amide bonds. The molecular formula is C20H28O4. The van der Waals surface area contributed by atoms with Crippen molar-refractivity contribution in [2.45, 2.75) is 51.9 Å². The second kappa shape index (κ2) is 11.2. The summed E-state index contributed by atoms with van der Waals surface area (Å²) in [6, 6.07) is 10.7. The molecule has 0 saturated heterocycles. The van der Waals surface area contributed by atoms with Gasteiger partial charge in [0.1, 0.15) is 23.0 Å². The van der Waals surface area contributed by atoms with E-state index in [9.17, 15) is 5.11 Å². The summed E-state index contributed by atoms with van der Waals surface area (Å²) in [5, 5.41) is 36.0. The van der Waals surface area contributed by atoms with Gasteiger partial charge in [-0.25, -0.2) is 0 Å². The molecular weight excluding hydrogens is 304 g/mol. The predicted octanol–water partition coefficient (Wildman–Crippen LogP) is 5.10. The zero-order valence-corrected chi connectivity index (χ0v) is 14.3. The fourth-order valence-electron chi connectivity index (χ4n) is 2.35. The fourth-order valence-corrected chi connectivity index (χ4v) is 2.35. The van der Waals surface area contributed by atoms with Gasteiger partial charge >= 0.3 is 0 Å². The molecule has 0 aromatic heterocycles. The van der Waals surface area contributed by atoms with Crippen LogP contribution in [0.5, 0.6) is 23.0 Å². The highest BCUT2D eigenvalue weighted by atomic mass is 16.3. The second-order valence-corrected chi connectivity index (χ2v) is 5.85. The summed E-state index contributed by atoms with van der Waals surface area (Å²) >= 11 is 0. The van der Waals surface area contributed by atoms with Crippen molar-refractivity contribution in [3.63, 3.8) is 0 Å². The highest BCUT2D eigenvalue weighted by Gasteiger charge is 2.01. The highest BCUT2D eigenvalue weighted by Crippen LogP contribution is 2.24. The van der Waals surface area contributed by atoms with E-state index in [1.54, 1.807) is 18.2 Å². The Bertz CT molecular complexity index is 579. The van der Waals surface area contributed by atoms with Crippen LogP contribution in [-0.2, 0) is 6.42 Å². The molecule has 0 saturated carbocycles. The molecule has 4 nitrogen and oxygen atoms in total. The van der Waals surface area contributed by atoms with Crippen LogP contribution in [-0.4, -0.2) is 20.4 Å². The lowest BCUT2D eigenvalue weighted by atomic mass is 10.0. The van der Waals surface area contributed by atoms with Crippen LogP contribution in [0.1, 0.15) is 51.0 Å². The monoisotopic (exact) mass is 332 g/mol. The van der Waals surface area contributed by atoms with Crippen LogP contribution < -0.4 is 0 Å². The van der Waals surface area contributed by atoms with Crippen LogP contribution in [0, 0.1) is 0 Å². The maximum atomic E-state index is 9.57. The molecule has 0 aliphatic rings. The molecule has 132 valence electrons. The first-order chi connectivity index (χ1) is 11.5. The van der Waals surface area contributed by atoms with Crippen LogP contribution in [0.4, 0.5) is 0 Å². The van der Waals surface area contributed by atoms with E-state index in [0.29, 0.717) is 0 Å². The number of hydrogen-bond acceptors (Lipinski definition) is 4. The Morgan fingerprint density at radius 1 is 0.667 bits per heavy atom. The molecule has 0 fully saturated rings. The Morgan fingerprint density at radius 2 is 1.25 bits per heavy atom. The molecule has 24 heavy (non-hydrogen) atoms. The molecule has 0 radical (unpaired) electrons. The molecule has 0 spiro atoms. The van der Waals surface area contributed by atoms with E-state index < -0.39 is 0 Å². The van der Waals surface area contributed by atoms with Crippen LogP contribution in [0.2, 0.25) is 0 Å². The highest BCUT2D eigenvalue weighted by molar-refractivity contribution is 5.38. The van der Waals surface area contributed by atoms with E-state index in [0.717, 1.165) is 18.4 Å². The van der Waals surface area contributed by atoms with Gasteiger partial charge in [-0.15, -0.1) is 0 Å². The minimum atomic E-state index is 0.0880. The number of unbranched alkanes of at least 4 members (excludes halogenated alkanes) is 5. The van der Waals surface area contributed by atoms with Gasteiger partial charge in [-0.3, -0.25) is 0 Å². The zero-order valence-electron chi connectivity index (χ0n) is 14.3. The van der Waals surface area contributed by atoms with Crippen molar-refractivity contribution in [3.05, 3.63) is 48.0 Å². The van der Waals surface area contributed by atoms with E-state index >= 15 is 0 Å². The third kappa shape index (κ3) is 8.32. The van der Waals surface area contributed by atoms with Crippen molar-refractivity contribution < 1.29 is 20.4 Å². The van der Waals surface area contributed by atoms with Crippen LogP contribution in [0.15, 0.2) is 42.5 Å². The van der Waals surface area contributed by atoms with E-state index in [1.807, 2.05) is 0 Å². The molecule has 2 rings (SSSR count). The summed E-state index contributed by atoms with van der Waals surface area (Å²) in [5.41, 5.74) is 0.938. The van der Waals surface area contributed by atoms with Gasteiger partial charge in [0, 0.05) is 12.1 Å². The van der Waals surface area contributed by atoms with Gasteiger partial charge in [-0.1, -0.05) is 51.2 Å². The van der Waals surface area contributed by atoms with E-state index in [4.69, 9.17) is 15.3 Å². The van der Waals surface area contributed by atoms with Gasteiger partial charge in [-0.05, 0) is 36.6 Å². The van der Waals surface area contributed by atoms with Crippen molar-refractivity contribution >= 4 is 0 Å². The van der Waals surface area contributed by atoms with Crippen molar-refractivity contribution in [3.8, 4) is 23.0 Å². The molecule has 2 aromatic rings. The number of aryl methyl sites for hydroxylation is 1. The molecule has 4 heteroatoms. The maximum absolute atomic E-state index is 9.57. The summed E-state index contributed by atoms with van der Waals surface area (Å²) in [6.45, 7) is 2.22. The SMILES string of the molecule is CCCCCCCCc1ccc(O)cc1O.Oc1cccc(O)c1. The number of phenolic OH excluding ortho intramolecular Hbond substituents is 4. The first kappa shape index (κ1) is 19.7. The van der Waals surface area contributed by atoms with Gasteiger partial charge < -0.3 is 20.4 Å². The Morgan fingerprint density at radius 3 is 1.79 bits per heavy atom. The summed E-state index contributed by atoms with van der Waals surface area (Å²) in [7, 11) is 0. The Kier molecular flexibility index (Phi) is 9.20. The lowest BCUT2D eigenvalue weighted by molar-refractivity contribution is 0.444. The molecule has 0 aliphatic carbocycles. The number of rotatable bonds is 7. The van der Waals surface area contributed by atoms with Gasteiger partial charge in [0.05, 0.1) is 0 Å². The molecule has 0 unspecified atom stereocenters. The topological polar surface area (TPSA) is 80.9 Å². The molecule has 2 aromatic carbocycles. The Balaban J connectivity index is 0.000000300. The molecule has 4 N–H and O–H groups in total. The molecule has 0 bridgehead atoms. The quantitative estimate of drug-likeness (QED) is 0.532. The summed E-state index contributed by atoms with van der Waals surface area (Å²) in [6.07, 6.45) is 8.44. The predicted molar refractivity (Wildman–Crippen MR) is 96.6 cm³/mol. The van der Waals surface area contributed by atoms with Crippen molar-refractivity contribution in [1.82, 2.24) is 0 Å². The first-order valence-corrected chi connectivity index (χ1v) is 8.51. The smallest absolute Gasteiger partial charge is 0.122 e. The maximum Gasteiger partial charge on any atom is 0.122 e. The lowest BCUT2D eigenvalue weighted by Crippen LogP contribution is -1.87. The second-order valence-electron chi connectivity index (χ2n) is 5.85. The van der Waals surface area contributed by atoms with E-state index in [-0.39, 0.29) is 23.0 Å². The van der Waals surface area contributed by atoms with Gasteiger partial charge in [-0.2, -0.15) is 0 Å². The summed E-state index contributed by atoms with van der Waals surface area (Å²) < 4.78 is 0. The van der Waals surface area contributed by atoms with Crippen molar-refractivity contribution in [1.29, 1.82) is 0 Å². The Hall–Kier alpha value is -2.36. The average Bonchev–Trinajstić information content (AvgIpc) is 2.53. The summed E-state index contributed by atoms with van der Waals surface area (Å²) in [4.78, 5) is 0. The number of hydrogen-bond donors (Lipinski definition) is 4. The molecule has 0 heterocycles. The van der Waals surface area contributed by atoms with E-state index in [2.05, 4.69) is 6.92 Å². The van der Waals surface area contributed by atoms with Gasteiger partial charge in [0.15, 0.2) is 0 Å². The van der Waals surface area contributed by atoms with Crippen molar-refractivity contribution in [2.75, 3.05) is 0 Å². The largest absolute Gasteiger partial charge is 0.508 e. The zero-order chi connectivity index (χ0) is 17.8. The van der Waals surface area contributed by atoms with Crippen molar-refractivity contribution in [2.24, 2.45) is 0 Å². The first-order valence-electron chi connectivity index (χ1n) is 8.51. The minimum Gasteiger partial charge on any atom is -0.508 e. The number of aromatic hydroxyl groups is 4. The average molecular weight is 332 g/mol.